The molecule has 0 aromatic rings. The lowest BCUT2D eigenvalue weighted by atomic mass is 10.1. The molecule has 2 heterocycles. The number of aliphatic imine (C=N–C) groups is 1. The summed E-state index contributed by atoms with van der Waals surface area (Å²) in [6.07, 6.45) is -0.00438. The predicted octanol–water partition coefficient (Wildman–Crippen LogP) is -1.45. The van der Waals surface area contributed by atoms with Gasteiger partial charge in [0, 0.05) is 13.1 Å². The fraction of sp³-hybridized carbons (Fsp3) is 0.909. The van der Waals surface area contributed by atoms with E-state index in [2.05, 4.69) is 9.89 Å². The highest BCUT2D eigenvalue weighted by atomic mass is 16.5. The van der Waals surface area contributed by atoms with E-state index in [1.54, 1.807) is 0 Å². The van der Waals surface area contributed by atoms with Gasteiger partial charge in [0.15, 0.2) is 0 Å². The quantitative estimate of drug-likeness (QED) is 0.524. The molecule has 5 atom stereocenters. The third kappa shape index (κ3) is 1.63. The summed E-state index contributed by atoms with van der Waals surface area (Å²) in [6, 6.07) is 0.139. The van der Waals surface area contributed by atoms with E-state index >= 15 is 0 Å². The van der Waals surface area contributed by atoms with Crippen molar-refractivity contribution in [2.45, 2.75) is 37.2 Å². The number of rotatable bonds is 1. The summed E-state index contributed by atoms with van der Waals surface area (Å²) < 4.78 is 5.71. The van der Waals surface area contributed by atoms with Gasteiger partial charge >= 0.3 is 0 Å². The largest absolute Gasteiger partial charge is 0.459 e. The minimum Gasteiger partial charge on any atom is -0.459 e. The Bertz CT molecular complexity index is 329. The first-order valence-corrected chi connectivity index (χ1v) is 6.19. The second-order valence-electron chi connectivity index (χ2n) is 5.01. The fourth-order valence-electron chi connectivity index (χ4n) is 2.96. The maximum Gasteiger partial charge on any atom is 0.288 e. The molecule has 0 radical (unpaired) electrons. The van der Waals surface area contributed by atoms with Crippen molar-refractivity contribution in [3.8, 4) is 0 Å². The van der Waals surface area contributed by atoms with Gasteiger partial charge in [-0.1, -0.05) is 0 Å². The van der Waals surface area contributed by atoms with E-state index in [-0.39, 0.29) is 12.7 Å². The maximum atomic E-state index is 9.86. The molecule has 6 nitrogen and oxygen atoms in total. The normalized spacial score (nSPS) is 44.8. The number of likely N-dealkylation sites (tertiary alicyclic amines) is 1. The molecule has 2 fully saturated rings. The first kappa shape index (κ1) is 11.3. The van der Waals surface area contributed by atoms with Crippen LogP contribution in [0, 0.1) is 5.92 Å². The first-order chi connectivity index (χ1) is 8.22. The second-order valence-corrected chi connectivity index (χ2v) is 5.01. The van der Waals surface area contributed by atoms with Gasteiger partial charge in [-0.05, 0) is 12.8 Å². The topological polar surface area (TPSA) is 85.5 Å². The monoisotopic (exact) mass is 242 g/mol. The van der Waals surface area contributed by atoms with Gasteiger partial charge in [0.05, 0.1) is 18.6 Å². The van der Waals surface area contributed by atoms with Crippen LogP contribution < -0.4 is 0 Å². The molecule has 0 amide bonds. The number of nitrogens with zero attached hydrogens (tertiary/aromatic N) is 2. The Hall–Kier alpha value is -0.850. The highest BCUT2D eigenvalue weighted by Gasteiger charge is 2.54. The molecule has 0 aromatic carbocycles. The minimum atomic E-state index is -0.945. The van der Waals surface area contributed by atoms with E-state index in [0.29, 0.717) is 6.02 Å². The van der Waals surface area contributed by atoms with Crippen LogP contribution in [0.15, 0.2) is 4.99 Å². The van der Waals surface area contributed by atoms with Crippen molar-refractivity contribution in [2.24, 2.45) is 10.9 Å². The van der Waals surface area contributed by atoms with Gasteiger partial charge in [-0.3, -0.25) is 0 Å². The Morgan fingerprint density at radius 1 is 1.24 bits per heavy atom. The molecule has 1 aliphatic carbocycles. The fourth-order valence-corrected chi connectivity index (χ4v) is 2.96. The van der Waals surface area contributed by atoms with Gasteiger partial charge in [0.25, 0.3) is 6.02 Å². The van der Waals surface area contributed by atoms with Crippen LogP contribution in [0.25, 0.3) is 0 Å². The van der Waals surface area contributed by atoms with E-state index in [9.17, 15) is 15.3 Å². The Labute approximate surface area is 99.5 Å². The van der Waals surface area contributed by atoms with Crippen molar-refractivity contribution < 1.29 is 20.1 Å². The Kier molecular flexibility index (Phi) is 2.72. The molecule has 96 valence electrons. The van der Waals surface area contributed by atoms with Gasteiger partial charge in [0.1, 0.15) is 18.2 Å². The van der Waals surface area contributed by atoms with Crippen molar-refractivity contribution in [1.29, 1.82) is 0 Å². The van der Waals surface area contributed by atoms with Crippen LogP contribution in [0.1, 0.15) is 12.8 Å². The smallest absolute Gasteiger partial charge is 0.288 e. The van der Waals surface area contributed by atoms with Crippen LogP contribution in [0.5, 0.6) is 0 Å². The van der Waals surface area contributed by atoms with Gasteiger partial charge < -0.3 is 25.0 Å². The first-order valence-electron chi connectivity index (χ1n) is 6.19. The number of hydrogen-bond donors (Lipinski definition) is 3. The van der Waals surface area contributed by atoms with Crippen LogP contribution in [-0.4, -0.2) is 70.3 Å². The number of fused-ring (bicyclic) bond motifs is 1. The summed E-state index contributed by atoms with van der Waals surface area (Å²) in [5, 5.41) is 28.8. The molecule has 3 aliphatic rings. The summed E-state index contributed by atoms with van der Waals surface area (Å²) in [5.74, 6) is -0.446. The highest BCUT2D eigenvalue weighted by Crippen LogP contribution is 2.36. The van der Waals surface area contributed by atoms with Crippen LogP contribution in [0.4, 0.5) is 0 Å². The third-order valence-corrected chi connectivity index (χ3v) is 3.99. The molecule has 0 bridgehead atoms. The zero-order valence-corrected chi connectivity index (χ0v) is 9.57. The summed E-state index contributed by atoms with van der Waals surface area (Å²) in [7, 11) is 0. The number of aliphatic hydroxyl groups is 3. The SMILES string of the molecule is OC[C@H]1C2OC(N3CCCC3)=NC2[C@@H](O)[C@@H]1O. The number of amidine groups is 1. The zero-order chi connectivity index (χ0) is 12.0. The Morgan fingerprint density at radius 2 is 1.94 bits per heavy atom. The number of aliphatic hydroxyl groups excluding tert-OH is 3. The third-order valence-electron chi connectivity index (χ3n) is 3.99. The molecule has 2 aliphatic heterocycles. The lowest BCUT2D eigenvalue weighted by molar-refractivity contribution is -0.00836. The predicted molar refractivity (Wildman–Crippen MR) is 59.5 cm³/mol. The number of hydrogen-bond acceptors (Lipinski definition) is 6. The molecule has 17 heavy (non-hydrogen) atoms. The summed E-state index contributed by atoms with van der Waals surface area (Å²) in [4.78, 5) is 6.42. The molecule has 1 saturated heterocycles. The average Bonchev–Trinajstić information content (AvgIpc) is 2.99. The van der Waals surface area contributed by atoms with Gasteiger partial charge in [-0.15, -0.1) is 0 Å². The second kappa shape index (κ2) is 4.12. The van der Waals surface area contributed by atoms with Crippen LogP contribution >= 0.6 is 0 Å². The molecular formula is C11H18N2O4. The molecule has 0 aromatic heterocycles. The lowest BCUT2D eigenvalue weighted by Crippen LogP contribution is -2.35. The number of ether oxygens (including phenoxy) is 1. The summed E-state index contributed by atoms with van der Waals surface area (Å²) in [5.41, 5.74) is 0. The van der Waals surface area contributed by atoms with Crippen molar-refractivity contribution in [3.05, 3.63) is 0 Å². The van der Waals surface area contributed by atoms with Gasteiger partial charge in [-0.25, -0.2) is 4.99 Å². The molecule has 3 N–H and O–H groups in total. The highest BCUT2D eigenvalue weighted by molar-refractivity contribution is 5.76. The Morgan fingerprint density at radius 3 is 2.59 bits per heavy atom. The molecule has 3 rings (SSSR count). The van der Waals surface area contributed by atoms with E-state index in [1.165, 1.54) is 0 Å². The molecule has 1 saturated carbocycles. The summed E-state index contributed by atoms with van der Waals surface area (Å²) in [6.45, 7) is 1.67. The van der Waals surface area contributed by atoms with Crippen molar-refractivity contribution >= 4 is 6.02 Å². The molecule has 2 unspecified atom stereocenters. The lowest BCUT2D eigenvalue weighted by Gasteiger charge is -2.22. The van der Waals surface area contributed by atoms with Crippen LogP contribution in [0.2, 0.25) is 0 Å². The van der Waals surface area contributed by atoms with Gasteiger partial charge in [0.2, 0.25) is 0 Å². The van der Waals surface area contributed by atoms with E-state index < -0.39 is 24.2 Å². The van der Waals surface area contributed by atoms with Crippen molar-refractivity contribution in [2.75, 3.05) is 19.7 Å². The summed E-state index contributed by atoms with van der Waals surface area (Å²) >= 11 is 0. The maximum absolute atomic E-state index is 9.86. The minimum absolute atomic E-state index is 0.192. The van der Waals surface area contributed by atoms with Gasteiger partial charge in [-0.2, -0.15) is 0 Å². The molecule has 6 heteroatoms. The standard InChI is InChI=1S/C11H18N2O4/c14-5-6-8(15)9(16)7-10(6)17-11(12-7)13-3-1-2-4-13/h6-10,14-16H,1-5H2/t6-,7?,8-,9-,10?/m1/s1. The Balaban J connectivity index is 1.77. The van der Waals surface area contributed by atoms with E-state index in [0.717, 1.165) is 25.9 Å². The van der Waals surface area contributed by atoms with E-state index in [1.807, 2.05) is 0 Å². The van der Waals surface area contributed by atoms with E-state index in [4.69, 9.17) is 4.74 Å². The average molecular weight is 242 g/mol. The zero-order valence-electron chi connectivity index (χ0n) is 9.57. The van der Waals surface area contributed by atoms with Crippen LogP contribution in [0.3, 0.4) is 0 Å². The van der Waals surface area contributed by atoms with Crippen LogP contribution in [-0.2, 0) is 4.74 Å². The van der Waals surface area contributed by atoms with Crippen molar-refractivity contribution in [1.82, 2.24) is 4.90 Å². The van der Waals surface area contributed by atoms with Crippen molar-refractivity contribution in [3.63, 3.8) is 0 Å². The molecular weight excluding hydrogens is 224 g/mol. The molecule has 0 spiro atoms.